The molecule has 0 atom stereocenters. The molecule has 2 aliphatic rings. The molecular formula is C31H34N6O2S. The maximum atomic E-state index is 13.5. The van der Waals surface area contributed by atoms with Gasteiger partial charge in [0, 0.05) is 56.2 Å². The summed E-state index contributed by atoms with van der Waals surface area (Å²) in [4.78, 5) is 37.0. The predicted octanol–water partition coefficient (Wildman–Crippen LogP) is 4.53. The molecule has 6 rings (SSSR count). The third-order valence-electron chi connectivity index (χ3n) is 8.09. The van der Waals surface area contributed by atoms with Crippen LogP contribution in [-0.4, -0.2) is 48.6 Å². The Labute approximate surface area is 238 Å². The van der Waals surface area contributed by atoms with Crippen molar-refractivity contribution in [2.24, 2.45) is 0 Å². The molecule has 0 aliphatic carbocycles. The molecule has 0 unspecified atom stereocenters. The molecule has 0 radical (unpaired) electrons. The summed E-state index contributed by atoms with van der Waals surface area (Å²) in [6.45, 7) is 8.24. The molecule has 2 aromatic heterocycles. The minimum absolute atomic E-state index is 0.00779. The van der Waals surface area contributed by atoms with E-state index in [4.69, 9.17) is 0 Å². The van der Waals surface area contributed by atoms with Gasteiger partial charge in [0.05, 0.1) is 11.4 Å². The Balaban J connectivity index is 1.29. The summed E-state index contributed by atoms with van der Waals surface area (Å²) in [5.74, 6) is 0.763. The van der Waals surface area contributed by atoms with Gasteiger partial charge in [0.2, 0.25) is 0 Å². The van der Waals surface area contributed by atoms with E-state index in [1.165, 1.54) is 10.4 Å². The number of anilines is 2. The van der Waals surface area contributed by atoms with Gasteiger partial charge in [0.1, 0.15) is 11.5 Å². The number of fused-ring (bicyclic) bond motifs is 2. The number of nitrogens with one attached hydrogen (secondary N) is 2. The number of benzene rings is 2. The van der Waals surface area contributed by atoms with Crippen LogP contribution in [0.4, 0.5) is 11.4 Å². The van der Waals surface area contributed by atoms with Crippen LogP contribution in [0, 0.1) is 13.8 Å². The van der Waals surface area contributed by atoms with Crippen molar-refractivity contribution in [2.75, 3.05) is 37.0 Å². The minimum atomic E-state index is -0.133. The Morgan fingerprint density at radius 1 is 0.900 bits per heavy atom. The zero-order valence-electron chi connectivity index (χ0n) is 23.4. The van der Waals surface area contributed by atoms with Crippen LogP contribution in [0.3, 0.4) is 0 Å². The average molecular weight is 555 g/mol. The standard InChI is InChI=1S/C31H34N6O2S/c1-19-22(7-5-9-25(19)35(3)30(38)24-18-37-14-13-33-17-29(37)34-24)23-8-6-10-26(20(23)2)36(4)31(39)27-15-21-11-12-32-16-28(21)40-27/h5-10,15,18,32-33H,11-14,16-17H2,1-4H3. The lowest BCUT2D eigenvalue weighted by Gasteiger charge is -2.23. The molecule has 0 saturated carbocycles. The van der Waals surface area contributed by atoms with E-state index in [0.29, 0.717) is 12.2 Å². The molecule has 4 aromatic rings. The molecule has 0 bridgehead atoms. The van der Waals surface area contributed by atoms with Gasteiger partial charge in [-0.05, 0) is 72.8 Å². The molecule has 8 nitrogen and oxygen atoms in total. The van der Waals surface area contributed by atoms with Crippen LogP contribution in [0.5, 0.6) is 0 Å². The van der Waals surface area contributed by atoms with Gasteiger partial charge in [-0.25, -0.2) is 4.98 Å². The summed E-state index contributed by atoms with van der Waals surface area (Å²) in [6.07, 6.45) is 2.82. The van der Waals surface area contributed by atoms with E-state index in [-0.39, 0.29) is 11.8 Å². The number of hydrogen-bond acceptors (Lipinski definition) is 6. The predicted molar refractivity (Wildman–Crippen MR) is 160 cm³/mol. The second-order valence-electron chi connectivity index (χ2n) is 10.5. The fourth-order valence-electron chi connectivity index (χ4n) is 5.76. The van der Waals surface area contributed by atoms with E-state index in [9.17, 15) is 9.59 Å². The smallest absolute Gasteiger partial charge is 0.278 e. The normalized spacial score (nSPS) is 14.4. The lowest BCUT2D eigenvalue weighted by Crippen LogP contribution is -2.28. The van der Waals surface area contributed by atoms with Crippen molar-refractivity contribution in [1.82, 2.24) is 20.2 Å². The average Bonchev–Trinajstić information content (AvgIpc) is 3.61. The number of aromatic nitrogens is 2. The highest BCUT2D eigenvalue weighted by Crippen LogP contribution is 2.37. The zero-order valence-corrected chi connectivity index (χ0v) is 24.2. The van der Waals surface area contributed by atoms with Crippen molar-refractivity contribution >= 4 is 34.5 Å². The van der Waals surface area contributed by atoms with Crippen LogP contribution in [0.2, 0.25) is 0 Å². The van der Waals surface area contributed by atoms with E-state index >= 15 is 0 Å². The summed E-state index contributed by atoms with van der Waals surface area (Å²) >= 11 is 1.59. The van der Waals surface area contributed by atoms with Crippen molar-refractivity contribution in [2.45, 2.75) is 39.9 Å². The van der Waals surface area contributed by atoms with Gasteiger partial charge in [-0.3, -0.25) is 9.59 Å². The Bertz CT molecular complexity index is 1450. The minimum Gasteiger partial charge on any atom is -0.332 e. The summed E-state index contributed by atoms with van der Waals surface area (Å²) in [5, 5.41) is 6.69. The second kappa shape index (κ2) is 10.6. The second-order valence-corrected chi connectivity index (χ2v) is 11.7. The first-order valence-corrected chi connectivity index (χ1v) is 14.5. The highest BCUT2D eigenvalue weighted by Gasteiger charge is 2.24. The van der Waals surface area contributed by atoms with E-state index < -0.39 is 0 Å². The largest absolute Gasteiger partial charge is 0.332 e. The van der Waals surface area contributed by atoms with Crippen molar-refractivity contribution in [1.29, 1.82) is 0 Å². The van der Waals surface area contributed by atoms with Gasteiger partial charge in [0.25, 0.3) is 11.8 Å². The van der Waals surface area contributed by atoms with Crippen molar-refractivity contribution in [3.05, 3.63) is 86.6 Å². The Morgan fingerprint density at radius 3 is 2.20 bits per heavy atom. The summed E-state index contributed by atoms with van der Waals surface area (Å²) in [5.41, 5.74) is 7.53. The summed E-state index contributed by atoms with van der Waals surface area (Å²) < 4.78 is 2.05. The topological polar surface area (TPSA) is 82.5 Å². The number of imidazole rings is 1. The molecule has 4 heterocycles. The molecular weight excluding hydrogens is 520 g/mol. The maximum absolute atomic E-state index is 13.5. The van der Waals surface area contributed by atoms with Gasteiger partial charge in [0.15, 0.2) is 0 Å². The highest BCUT2D eigenvalue weighted by molar-refractivity contribution is 7.14. The van der Waals surface area contributed by atoms with Gasteiger partial charge in [-0.15, -0.1) is 11.3 Å². The SMILES string of the molecule is Cc1c(-c2cccc(N(C)C(=O)c3cc4c(s3)CNCC4)c2C)cccc1N(C)C(=O)c1cn2c(n1)CNCC2. The van der Waals surface area contributed by atoms with Gasteiger partial charge in [-0.2, -0.15) is 0 Å². The van der Waals surface area contributed by atoms with Crippen LogP contribution in [0.15, 0.2) is 48.7 Å². The number of carbonyl (C=O) groups is 2. The first-order valence-electron chi connectivity index (χ1n) is 13.7. The van der Waals surface area contributed by atoms with Crippen molar-refractivity contribution in [3.63, 3.8) is 0 Å². The molecule has 40 heavy (non-hydrogen) atoms. The van der Waals surface area contributed by atoms with Gasteiger partial charge < -0.3 is 25.0 Å². The lowest BCUT2D eigenvalue weighted by atomic mass is 9.94. The van der Waals surface area contributed by atoms with E-state index in [1.54, 1.807) is 28.2 Å². The zero-order chi connectivity index (χ0) is 28.0. The molecule has 2 N–H and O–H groups in total. The van der Waals surface area contributed by atoms with Gasteiger partial charge in [-0.1, -0.05) is 24.3 Å². The molecule has 2 aliphatic heterocycles. The summed E-state index contributed by atoms with van der Waals surface area (Å²) in [7, 11) is 3.65. The van der Waals surface area contributed by atoms with E-state index in [1.807, 2.05) is 44.4 Å². The molecule has 0 spiro atoms. The molecule has 0 fully saturated rings. The third-order valence-corrected chi connectivity index (χ3v) is 9.25. The number of amides is 2. The number of rotatable bonds is 5. The van der Waals surface area contributed by atoms with Crippen LogP contribution in [0.25, 0.3) is 11.1 Å². The fraction of sp³-hybridized carbons (Fsp3) is 0.323. The van der Waals surface area contributed by atoms with Crippen LogP contribution < -0.4 is 20.4 Å². The Morgan fingerprint density at radius 2 is 1.55 bits per heavy atom. The highest BCUT2D eigenvalue weighted by atomic mass is 32.1. The lowest BCUT2D eigenvalue weighted by molar-refractivity contribution is 0.0984. The van der Waals surface area contributed by atoms with Crippen molar-refractivity contribution < 1.29 is 9.59 Å². The van der Waals surface area contributed by atoms with Gasteiger partial charge >= 0.3 is 0 Å². The maximum Gasteiger partial charge on any atom is 0.278 e. The first kappa shape index (κ1) is 26.4. The third kappa shape index (κ3) is 4.64. The Hall–Kier alpha value is -3.79. The summed E-state index contributed by atoms with van der Waals surface area (Å²) in [6, 6.07) is 14.2. The van der Waals surface area contributed by atoms with E-state index in [2.05, 4.69) is 45.3 Å². The van der Waals surface area contributed by atoms with Crippen LogP contribution >= 0.6 is 11.3 Å². The Kier molecular flexibility index (Phi) is 7.04. The number of hydrogen-bond donors (Lipinski definition) is 2. The van der Waals surface area contributed by atoms with Crippen LogP contribution in [-0.2, 0) is 26.1 Å². The first-order chi connectivity index (χ1) is 19.3. The molecule has 2 amide bonds. The quantitative estimate of drug-likeness (QED) is 0.379. The van der Waals surface area contributed by atoms with Crippen LogP contribution in [0.1, 0.15) is 47.6 Å². The molecule has 2 aromatic carbocycles. The number of thiophene rings is 1. The number of carbonyl (C=O) groups excluding carboxylic acids is 2. The van der Waals surface area contributed by atoms with E-state index in [0.717, 1.165) is 76.9 Å². The molecule has 9 heteroatoms. The van der Waals surface area contributed by atoms with Crippen molar-refractivity contribution in [3.8, 4) is 11.1 Å². The molecule has 0 saturated heterocycles. The number of nitrogens with zero attached hydrogens (tertiary/aromatic N) is 4. The fourth-order valence-corrected chi connectivity index (χ4v) is 6.92. The monoisotopic (exact) mass is 554 g/mol. The molecule has 206 valence electrons.